The molecule has 0 amide bonds. The summed E-state index contributed by atoms with van der Waals surface area (Å²) in [5.74, 6) is -0.101. The summed E-state index contributed by atoms with van der Waals surface area (Å²) in [5, 5.41) is 11.3. The second kappa shape index (κ2) is 6.76. The highest BCUT2D eigenvalue weighted by Gasteiger charge is 2.18. The number of aliphatic hydroxyl groups excluding tert-OH is 1. The van der Waals surface area contributed by atoms with Crippen LogP contribution in [0.3, 0.4) is 0 Å². The molecule has 0 bridgehead atoms. The van der Waals surface area contributed by atoms with Crippen LogP contribution in [0, 0.1) is 0 Å². The molecule has 2 aromatic carbocycles. The van der Waals surface area contributed by atoms with E-state index in [-0.39, 0.29) is 12.3 Å². The molecule has 1 aromatic heterocycles. The lowest BCUT2D eigenvalue weighted by Crippen LogP contribution is -2.29. The van der Waals surface area contributed by atoms with Crippen LogP contribution in [0.15, 0.2) is 60.8 Å². The van der Waals surface area contributed by atoms with Crippen molar-refractivity contribution < 1.29 is 13.5 Å². The fourth-order valence-corrected chi connectivity index (χ4v) is 3.94. The Balaban J connectivity index is 1.71. The molecule has 0 saturated heterocycles. The van der Waals surface area contributed by atoms with Gasteiger partial charge < -0.3 is 9.67 Å². The van der Waals surface area contributed by atoms with Crippen molar-refractivity contribution in [2.45, 2.75) is 11.9 Å². The quantitative estimate of drug-likeness (QED) is 0.721. The van der Waals surface area contributed by atoms with E-state index in [2.05, 4.69) is 4.72 Å². The van der Waals surface area contributed by atoms with Crippen molar-refractivity contribution in [2.24, 2.45) is 7.05 Å². The first-order valence-electron chi connectivity index (χ1n) is 7.69. The van der Waals surface area contributed by atoms with Gasteiger partial charge in [-0.05, 0) is 11.6 Å². The summed E-state index contributed by atoms with van der Waals surface area (Å²) in [6.45, 7) is -0.0524. The summed E-state index contributed by atoms with van der Waals surface area (Å²) in [7, 11) is -1.60. The Morgan fingerprint density at radius 2 is 1.75 bits per heavy atom. The number of benzene rings is 2. The molecule has 0 aliphatic heterocycles. The van der Waals surface area contributed by atoms with Crippen molar-refractivity contribution in [1.29, 1.82) is 0 Å². The molecule has 0 spiro atoms. The molecule has 1 unspecified atom stereocenters. The molecule has 0 aliphatic rings. The van der Waals surface area contributed by atoms with E-state index in [4.69, 9.17) is 0 Å². The molecule has 2 N–H and O–H groups in total. The summed E-state index contributed by atoms with van der Waals surface area (Å²) in [5.41, 5.74) is 2.43. The highest BCUT2D eigenvalue weighted by molar-refractivity contribution is 7.88. The first kappa shape index (κ1) is 16.7. The van der Waals surface area contributed by atoms with E-state index in [1.54, 1.807) is 24.3 Å². The van der Waals surface area contributed by atoms with Gasteiger partial charge in [-0.3, -0.25) is 0 Å². The zero-order chi connectivity index (χ0) is 17.2. The van der Waals surface area contributed by atoms with Gasteiger partial charge in [-0.25, -0.2) is 13.1 Å². The Morgan fingerprint density at radius 1 is 1.08 bits per heavy atom. The lowest BCUT2D eigenvalue weighted by Gasteiger charge is -2.12. The van der Waals surface area contributed by atoms with E-state index in [0.29, 0.717) is 5.56 Å². The predicted molar refractivity (Wildman–Crippen MR) is 94.9 cm³/mol. The molecule has 1 atom stereocenters. The minimum atomic E-state index is -3.50. The van der Waals surface area contributed by atoms with Gasteiger partial charge in [-0.2, -0.15) is 0 Å². The van der Waals surface area contributed by atoms with E-state index in [1.165, 1.54) is 0 Å². The zero-order valence-corrected chi connectivity index (χ0v) is 14.2. The largest absolute Gasteiger partial charge is 0.387 e. The average Bonchev–Trinajstić information content (AvgIpc) is 2.91. The number of fused-ring (bicyclic) bond motifs is 1. The summed E-state index contributed by atoms with van der Waals surface area (Å²) in [6, 6.07) is 16.7. The van der Waals surface area contributed by atoms with Crippen LogP contribution in [-0.2, 0) is 22.8 Å². The Bertz CT molecular complexity index is 933. The molecule has 5 nitrogen and oxygen atoms in total. The second-order valence-electron chi connectivity index (χ2n) is 5.82. The van der Waals surface area contributed by atoms with Gasteiger partial charge in [-0.15, -0.1) is 0 Å². The van der Waals surface area contributed by atoms with E-state index in [9.17, 15) is 13.5 Å². The number of nitrogens with zero attached hydrogens (tertiary/aromatic N) is 1. The predicted octanol–water partition coefficient (Wildman–Crippen LogP) is 2.33. The summed E-state index contributed by atoms with van der Waals surface area (Å²) in [6.07, 6.45) is 0.933. The van der Waals surface area contributed by atoms with Gasteiger partial charge in [0, 0.05) is 36.3 Å². The number of para-hydroxylation sites is 1. The van der Waals surface area contributed by atoms with Gasteiger partial charge in [0.25, 0.3) is 0 Å². The maximum Gasteiger partial charge on any atom is 0.215 e. The third-order valence-corrected chi connectivity index (χ3v) is 5.30. The van der Waals surface area contributed by atoms with Crippen LogP contribution in [0.25, 0.3) is 10.9 Å². The molecule has 6 heteroatoms. The van der Waals surface area contributed by atoms with E-state index in [0.717, 1.165) is 16.5 Å². The van der Waals surface area contributed by atoms with E-state index in [1.807, 2.05) is 48.1 Å². The lowest BCUT2D eigenvalue weighted by molar-refractivity contribution is 0.183. The lowest BCUT2D eigenvalue weighted by atomic mass is 10.1. The fourth-order valence-electron chi connectivity index (χ4n) is 2.80. The molecule has 0 radical (unpaired) electrons. The second-order valence-corrected chi connectivity index (χ2v) is 7.63. The van der Waals surface area contributed by atoms with Crippen LogP contribution in [0.2, 0.25) is 0 Å². The minimum absolute atomic E-state index is 0.0524. The molecule has 126 valence electrons. The summed E-state index contributed by atoms with van der Waals surface area (Å²) in [4.78, 5) is 0. The number of nitrogens with one attached hydrogen (secondary N) is 1. The van der Waals surface area contributed by atoms with Crippen LogP contribution in [0.4, 0.5) is 0 Å². The van der Waals surface area contributed by atoms with Crippen molar-refractivity contribution in [3.8, 4) is 0 Å². The molecule has 0 fully saturated rings. The molecule has 1 heterocycles. The van der Waals surface area contributed by atoms with Crippen molar-refractivity contribution in [1.82, 2.24) is 9.29 Å². The molecular weight excluding hydrogens is 324 g/mol. The van der Waals surface area contributed by atoms with Gasteiger partial charge in [-0.1, -0.05) is 48.5 Å². The van der Waals surface area contributed by atoms with Crippen LogP contribution >= 0.6 is 0 Å². The number of aryl methyl sites for hydroxylation is 1. The van der Waals surface area contributed by atoms with Crippen LogP contribution in [-0.4, -0.2) is 24.6 Å². The smallest absolute Gasteiger partial charge is 0.215 e. The maximum absolute atomic E-state index is 12.2. The normalized spacial score (nSPS) is 13.2. The first-order valence-corrected chi connectivity index (χ1v) is 9.35. The fraction of sp³-hybridized carbons (Fsp3) is 0.222. The summed E-state index contributed by atoms with van der Waals surface area (Å²) < 4.78 is 28.8. The van der Waals surface area contributed by atoms with Crippen molar-refractivity contribution in [3.05, 3.63) is 71.9 Å². The summed E-state index contributed by atoms with van der Waals surface area (Å²) >= 11 is 0. The van der Waals surface area contributed by atoms with Crippen LogP contribution < -0.4 is 4.72 Å². The Morgan fingerprint density at radius 3 is 2.50 bits per heavy atom. The number of sulfonamides is 1. The van der Waals surface area contributed by atoms with Crippen molar-refractivity contribution >= 4 is 20.9 Å². The number of hydrogen-bond donors (Lipinski definition) is 2. The number of aromatic nitrogens is 1. The Kier molecular flexibility index (Phi) is 4.71. The monoisotopic (exact) mass is 344 g/mol. The molecule has 3 aromatic rings. The molecule has 3 rings (SSSR count). The highest BCUT2D eigenvalue weighted by Crippen LogP contribution is 2.25. The highest BCUT2D eigenvalue weighted by atomic mass is 32.2. The zero-order valence-electron chi connectivity index (χ0n) is 13.4. The van der Waals surface area contributed by atoms with Gasteiger partial charge >= 0.3 is 0 Å². The molecule has 0 saturated carbocycles. The van der Waals surface area contributed by atoms with Gasteiger partial charge in [0.1, 0.15) is 0 Å². The number of aliphatic hydroxyl groups is 1. The van der Waals surface area contributed by atoms with Crippen LogP contribution in [0.1, 0.15) is 17.2 Å². The third-order valence-electron chi connectivity index (χ3n) is 3.98. The SMILES string of the molecule is Cn1cc(C(O)CNS(=O)(=O)Cc2ccccc2)c2ccccc21. The number of rotatable bonds is 6. The van der Waals surface area contributed by atoms with Gasteiger partial charge in [0.15, 0.2) is 0 Å². The van der Waals surface area contributed by atoms with Gasteiger partial charge in [0.2, 0.25) is 10.0 Å². The van der Waals surface area contributed by atoms with E-state index < -0.39 is 16.1 Å². The molecule has 24 heavy (non-hydrogen) atoms. The maximum atomic E-state index is 12.2. The third kappa shape index (κ3) is 3.67. The van der Waals surface area contributed by atoms with E-state index >= 15 is 0 Å². The van der Waals surface area contributed by atoms with Gasteiger partial charge in [0.05, 0.1) is 11.9 Å². The molecule has 0 aliphatic carbocycles. The molecular formula is C18H20N2O3S. The first-order chi connectivity index (χ1) is 11.5. The topological polar surface area (TPSA) is 71.3 Å². The van der Waals surface area contributed by atoms with Crippen LogP contribution in [0.5, 0.6) is 0 Å². The average molecular weight is 344 g/mol. The number of hydrogen-bond acceptors (Lipinski definition) is 3. The minimum Gasteiger partial charge on any atom is -0.387 e. The van der Waals surface area contributed by atoms with Crippen molar-refractivity contribution in [3.63, 3.8) is 0 Å². The Hall–Kier alpha value is -2.15. The van der Waals surface area contributed by atoms with Crippen molar-refractivity contribution in [2.75, 3.05) is 6.54 Å². The standard InChI is InChI=1S/C18H20N2O3S/c1-20-12-16(15-9-5-6-10-17(15)20)18(21)11-19-24(22,23)13-14-7-3-2-4-8-14/h2-10,12,18-19,21H,11,13H2,1H3. The Labute approximate surface area is 141 Å².